The summed E-state index contributed by atoms with van der Waals surface area (Å²) >= 11 is 0. The maximum Gasteiger partial charge on any atom is 0.123 e. The van der Waals surface area contributed by atoms with E-state index in [1.165, 1.54) is 30.5 Å². The predicted octanol–water partition coefficient (Wildman–Crippen LogP) is 4.50. The minimum atomic E-state index is -0.214. The van der Waals surface area contributed by atoms with Crippen LogP contribution in [-0.4, -0.2) is 28.3 Å². The number of rotatable bonds is 7. The van der Waals surface area contributed by atoms with Crippen LogP contribution in [0.3, 0.4) is 0 Å². The van der Waals surface area contributed by atoms with Crippen molar-refractivity contribution in [2.45, 2.75) is 46.2 Å². The average molecular weight is 303 g/mol. The molecule has 22 heavy (non-hydrogen) atoms. The van der Waals surface area contributed by atoms with Gasteiger partial charge in [0.15, 0.2) is 0 Å². The zero-order valence-corrected chi connectivity index (χ0v) is 14.0. The summed E-state index contributed by atoms with van der Waals surface area (Å²) in [5.74, 6) is -0.214. The zero-order chi connectivity index (χ0) is 16.1. The minimum Gasteiger partial charge on any atom is -0.302 e. The van der Waals surface area contributed by atoms with Crippen LogP contribution in [0.2, 0.25) is 0 Å². The molecule has 0 aliphatic carbocycles. The van der Waals surface area contributed by atoms with E-state index in [9.17, 15) is 4.39 Å². The van der Waals surface area contributed by atoms with Gasteiger partial charge in [-0.1, -0.05) is 13.3 Å². The Kier molecular flexibility index (Phi) is 5.72. The van der Waals surface area contributed by atoms with Crippen LogP contribution in [0.4, 0.5) is 4.39 Å². The molecule has 2 aromatic rings. The second-order valence-corrected chi connectivity index (χ2v) is 6.17. The fraction of sp³-hybridized carbons (Fsp3) is 0.500. The van der Waals surface area contributed by atoms with Crippen LogP contribution in [0.1, 0.15) is 45.2 Å². The molecular formula is C18H26FN3. The molecule has 2 rings (SSSR count). The lowest BCUT2D eigenvalue weighted by Crippen LogP contribution is -2.19. The van der Waals surface area contributed by atoms with E-state index in [2.05, 4.69) is 38.9 Å². The highest BCUT2D eigenvalue weighted by atomic mass is 19.1. The van der Waals surface area contributed by atoms with Crippen LogP contribution in [-0.2, 0) is 6.54 Å². The molecule has 0 atom stereocenters. The minimum absolute atomic E-state index is 0.214. The van der Waals surface area contributed by atoms with Gasteiger partial charge in [0.05, 0.1) is 5.69 Å². The number of halogens is 1. The summed E-state index contributed by atoms with van der Waals surface area (Å²) in [4.78, 5) is 2.32. The normalized spacial score (nSPS) is 11.6. The summed E-state index contributed by atoms with van der Waals surface area (Å²) in [5.41, 5.74) is 3.12. The lowest BCUT2D eigenvalue weighted by atomic mass is 10.1. The molecular weight excluding hydrogens is 277 g/mol. The van der Waals surface area contributed by atoms with E-state index in [1.807, 2.05) is 4.68 Å². The van der Waals surface area contributed by atoms with Crippen LogP contribution in [0.5, 0.6) is 0 Å². The van der Waals surface area contributed by atoms with Gasteiger partial charge >= 0.3 is 0 Å². The predicted molar refractivity (Wildman–Crippen MR) is 89.2 cm³/mol. The van der Waals surface area contributed by atoms with E-state index in [4.69, 9.17) is 5.10 Å². The van der Waals surface area contributed by atoms with Crippen molar-refractivity contribution in [3.05, 3.63) is 41.8 Å². The summed E-state index contributed by atoms with van der Waals surface area (Å²) in [7, 11) is 2.14. The van der Waals surface area contributed by atoms with Crippen molar-refractivity contribution in [1.82, 2.24) is 14.7 Å². The van der Waals surface area contributed by atoms with Crippen LogP contribution in [0, 0.1) is 5.82 Å². The molecule has 0 aliphatic heterocycles. The van der Waals surface area contributed by atoms with Gasteiger partial charge in [-0.15, -0.1) is 0 Å². The van der Waals surface area contributed by atoms with Gasteiger partial charge in [0.1, 0.15) is 5.82 Å². The largest absolute Gasteiger partial charge is 0.302 e. The maximum atomic E-state index is 13.2. The molecule has 1 heterocycles. The van der Waals surface area contributed by atoms with E-state index in [-0.39, 0.29) is 5.82 Å². The van der Waals surface area contributed by atoms with Crippen LogP contribution < -0.4 is 0 Å². The van der Waals surface area contributed by atoms with Gasteiger partial charge in [-0.05, 0) is 58.1 Å². The van der Waals surface area contributed by atoms with E-state index < -0.39 is 0 Å². The monoisotopic (exact) mass is 303 g/mol. The second kappa shape index (κ2) is 7.54. The van der Waals surface area contributed by atoms with E-state index in [1.54, 1.807) is 12.1 Å². The molecule has 0 spiro atoms. The van der Waals surface area contributed by atoms with Crippen molar-refractivity contribution < 1.29 is 4.39 Å². The fourth-order valence-corrected chi connectivity index (χ4v) is 2.46. The highest BCUT2D eigenvalue weighted by Crippen LogP contribution is 2.25. The Balaban J connectivity index is 2.28. The topological polar surface area (TPSA) is 21.1 Å². The molecule has 0 unspecified atom stereocenters. The third kappa shape index (κ3) is 4.17. The van der Waals surface area contributed by atoms with Crippen LogP contribution in [0.25, 0.3) is 11.3 Å². The Morgan fingerprint density at radius 1 is 1.23 bits per heavy atom. The molecule has 4 heteroatoms. The zero-order valence-electron chi connectivity index (χ0n) is 14.0. The first-order chi connectivity index (χ1) is 10.5. The van der Waals surface area contributed by atoms with E-state index in [0.717, 1.165) is 24.3 Å². The number of aromatic nitrogens is 2. The molecule has 0 aliphatic rings. The Labute approximate surface area is 132 Å². The Morgan fingerprint density at radius 2 is 1.91 bits per heavy atom. The van der Waals surface area contributed by atoms with Gasteiger partial charge in [0.25, 0.3) is 0 Å². The number of nitrogens with zero attached hydrogens (tertiary/aromatic N) is 3. The number of hydrogen-bond acceptors (Lipinski definition) is 2. The third-order valence-corrected chi connectivity index (χ3v) is 3.79. The summed E-state index contributed by atoms with van der Waals surface area (Å²) in [6, 6.07) is 6.91. The molecule has 1 aromatic heterocycles. The quantitative estimate of drug-likeness (QED) is 0.751. The lowest BCUT2D eigenvalue weighted by molar-refractivity contribution is 0.321. The first-order valence-corrected chi connectivity index (χ1v) is 8.03. The number of hydrogen-bond donors (Lipinski definition) is 0. The molecule has 0 amide bonds. The molecule has 1 aromatic carbocycles. The van der Waals surface area contributed by atoms with Crippen molar-refractivity contribution in [2.75, 3.05) is 13.6 Å². The van der Waals surface area contributed by atoms with Gasteiger partial charge in [-0.2, -0.15) is 5.10 Å². The van der Waals surface area contributed by atoms with Crippen molar-refractivity contribution >= 4 is 0 Å². The molecule has 0 N–H and O–H groups in total. The Morgan fingerprint density at radius 3 is 2.50 bits per heavy atom. The van der Waals surface area contributed by atoms with Crippen molar-refractivity contribution in [1.29, 1.82) is 0 Å². The van der Waals surface area contributed by atoms with Crippen molar-refractivity contribution in [3.63, 3.8) is 0 Å². The molecule has 120 valence electrons. The van der Waals surface area contributed by atoms with Crippen molar-refractivity contribution in [2.24, 2.45) is 0 Å². The van der Waals surface area contributed by atoms with Gasteiger partial charge in [0.2, 0.25) is 0 Å². The van der Waals surface area contributed by atoms with Gasteiger partial charge < -0.3 is 4.90 Å². The number of benzene rings is 1. The number of unbranched alkanes of at least 4 members (excludes halogenated alkanes) is 1. The molecule has 0 fully saturated rings. The van der Waals surface area contributed by atoms with Gasteiger partial charge in [0, 0.05) is 29.9 Å². The van der Waals surface area contributed by atoms with Crippen LogP contribution in [0.15, 0.2) is 30.5 Å². The lowest BCUT2D eigenvalue weighted by Gasteiger charge is -2.15. The summed E-state index contributed by atoms with van der Waals surface area (Å²) < 4.78 is 15.1. The molecule has 3 nitrogen and oxygen atoms in total. The van der Waals surface area contributed by atoms with Crippen LogP contribution >= 0.6 is 0 Å². The maximum absolute atomic E-state index is 13.2. The smallest absolute Gasteiger partial charge is 0.123 e. The van der Waals surface area contributed by atoms with Gasteiger partial charge in [-0.3, -0.25) is 4.68 Å². The third-order valence-electron chi connectivity index (χ3n) is 3.79. The molecule has 0 bridgehead atoms. The first-order valence-electron chi connectivity index (χ1n) is 8.03. The second-order valence-electron chi connectivity index (χ2n) is 6.17. The van der Waals surface area contributed by atoms with E-state index >= 15 is 0 Å². The SMILES string of the molecule is CCCCN(C)Cc1cn(C(C)C)nc1-c1ccc(F)cc1. The van der Waals surface area contributed by atoms with Crippen molar-refractivity contribution in [3.8, 4) is 11.3 Å². The fourth-order valence-electron chi connectivity index (χ4n) is 2.46. The summed E-state index contributed by atoms with van der Waals surface area (Å²) in [6.07, 6.45) is 4.51. The standard InChI is InChI=1S/C18H26FN3/c1-5-6-11-21(4)12-16-13-22(14(2)3)20-18(16)15-7-9-17(19)10-8-15/h7-10,13-14H,5-6,11-12H2,1-4H3. The van der Waals surface area contributed by atoms with Gasteiger partial charge in [-0.25, -0.2) is 4.39 Å². The first kappa shape index (κ1) is 16.7. The average Bonchev–Trinajstić information content (AvgIpc) is 2.90. The highest BCUT2D eigenvalue weighted by Gasteiger charge is 2.14. The summed E-state index contributed by atoms with van der Waals surface area (Å²) in [6.45, 7) is 8.37. The molecule has 0 saturated carbocycles. The van der Waals surface area contributed by atoms with E-state index in [0.29, 0.717) is 6.04 Å². The molecule has 0 saturated heterocycles. The Hall–Kier alpha value is -1.68. The summed E-state index contributed by atoms with van der Waals surface area (Å²) in [5, 5.41) is 4.71. The molecule has 0 radical (unpaired) electrons. The Bertz CT molecular complexity index is 587. The highest BCUT2D eigenvalue weighted by molar-refractivity contribution is 5.62.